The number of likely N-dealkylation sites (tertiary alicyclic amines) is 1. The molecule has 1 amide bonds. The fourth-order valence-electron chi connectivity index (χ4n) is 3.89. The van der Waals surface area contributed by atoms with Crippen LogP contribution in [0.2, 0.25) is 0 Å². The van der Waals surface area contributed by atoms with Crippen molar-refractivity contribution >= 4 is 28.9 Å². The van der Waals surface area contributed by atoms with Crippen LogP contribution in [0, 0.1) is 11.8 Å². The Morgan fingerprint density at radius 1 is 1.08 bits per heavy atom. The van der Waals surface area contributed by atoms with Crippen LogP contribution in [0.4, 0.5) is 5.69 Å². The van der Waals surface area contributed by atoms with Gasteiger partial charge in [-0.3, -0.25) is 4.79 Å². The van der Waals surface area contributed by atoms with Gasteiger partial charge in [-0.2, -0.15) is 0 Å². The predicted molar refractivity (Wildman–Crippen MR) is 107 cm³/mol. The molecule has 1 aromatic carbocycles. The summed E-state index contributed by atoms with van der Waals surface area (Å²) < 4.78 is 0. The Balaban J connectivity index is 1.44. The Bertz CT molecular complexity index is 584. The van der Waals surface area contributed by atoms with E-state index >= 15 is 0 Å². The Morgan fingerprint density at radius 3 is 2.44 bits per heavy atom. The number of piperidine rings is 1. The number of nitrogens with one attached hydrogen (secondary N) is 2. The number of thiocarbonyl (C=S) groups is 1. The Kier molecular flexibility index (Phi) is 6.29. The maximum Gasteiger partial charge on any atom is 0.227 e. The zero-order valence-corrected chi connectivity index (χ0v) is 15.9. The van der Waals surface area contributed by atoms with E-state index in [0.717, 1.165) is 36.7 Å². The summed E-state index contributed by atoms with van der Waals surface area (Å²) in [6.45, 7) is 4.04. The van der Waals surface area contributed by atoms with E-state index < -0.39 is 0 Å². The van der Waals surface area contributed by atoms with Gasteiger partial charge in [-0.1, -0.05) is 38.0 Å². The van der Waals surface area contributed by atoms with Crippen molar-refractivity contribution in [1.29, 1.82) is 0 Å². The molecular formula is C20H29N3OS. The van der Waals surface area contributed by atoms with Crippen molar-refractivity contribution in [2.75, 3.05) is 18.4 Å². The minimum atomic E-state index is 0.0767. The lowest BCUT2D eigenvalue weighted by atomic mass is 9.86. The number of carbonyl (C=O) groups is 1. The number of nitrogens with zero attached hydrogens (tertiary/aromatic N) is 1. The molecule has 0 radical (unpaired) electrons. The van der Waals surface area contributed by atoms with Gasteiger partial charge in [-0.05, 0) is 56.0 Å². The molecule has 136 valence electrons. The van der Waals surface area contributed by atoms with Crippen LogP contribution in [-0.4, -0.2) is 35.1 Å². The van der Waals surface area contributed by atoms with E-state index in [-0.39, 0.29) is 11.8 Å². The Labute approximate surface area is 156 Å². The molecule has 1 saturated carbocycles. The summed E-state index contributed by atoms with van der Waals surface area (Å²) in [7, 11) is 0. The SMILES string of the molecule is C[C@@H]1CCCC[C@@H]1NC(=S)N1CCC(C(=O)Nc2ccccc2)CC1. The van der Waals surface area contributed by atoms with Crippen LogP contribution < -0.4 is 10.6 Å². The summed E-state index contributed by atoms with van der Waals surface area (Å²) in [5, 5.41) is 7.48. The largest absolute Gasteiger partial charge is 0.360 e. The number of benzene rings is 1. The number of anilines is 1. The van der Waals surface area contributed by atoms with Gasteiger partial charge in [0.05, 0.1) is 0 Å². The predicted octanol–water partition coefficient (Wildman–Crippen LogP) is 3.79. The summed E-state index contributed by atoms with van der Waals surface area (Å²) in [6, 6.07) is 10.2. The third-order valence-corrected chi connectivity index (χ3v) is 5.99. The van der Waals surface area contributed by atoms with Gasteiger partial charge in [0, 0.05) is 30.7 Å². The van der Waals surface area contributed by atoms with Crippen LogP contribution in [0.1, 0.15) is 45.4 Å². The van der Waals surface area contributed by atoms with E-state index in [0.29, 0.717) is 12.0 Å². The molecule has 0 unspecified atom stereocenters. The van der Waals surface area contributed by atoms with E-state index in [2.05, 4.69) is 22.5 Å². The molecule has 2 aliphatic rings. The minimum Gasteiger partial charge on any atom is -0.360 e. The molecule has 2 fully saturated rings. The van der Waals surface area contributed by atoms with Gasteiger partial charge in [0.15, 0.2) is 5.11 Å². The third kappa shape index (κ3) is 4.94. The van der Waals surface area contributed by atoms with Gasteiger partial charge in [-0.25, -0.2) is 0 Å². The van der Waals surface area contributed by atoms with Crippen LogP contribution in [0.3, 0.4) is 0 Å². The first-order chi connectivity index (χ1) is 12.1. The van der Waals surface area contributed by atoms with E-state index in [9.17, 15) is 4.79 Å². The van der Waals surface area contributed by atoms with Crippen LogP contribution in [0.15, 0.2) is 30.3 Å². The monoisotopic (exact) mass is 359 g/mol. The number of carbonyl (C=O) groups excluding carboxylic acids is 1. The molecule has 0 aromatic heterocycles. The van der Waals surface area contributed by atoms with Crippen LogP contribution >= 0.6 is 12.2 Å². The van der Waals surface area contributed by atoms with Gasteiger partial charge in [-0.15, -0.1) is 0 Å². The summed E-state index contributed by atoms with van der Waals surface area (Å²) in [5.74, 6) is 0.902. The van der Waals surface area contributed by atoms with Crippen LogP contribution in [-0.2, 0) is 4.79 Å². The Morgan fingerprint density at radius 2 is 1.76 bits per heavy atom. The summed E-state index contributed by atoms with van der Waals surface area (Å²) in [5.41, 5.74) is 0.874. The maximum absolute atomic E-state index is 12.4. The van der Waals surface area contributed by atoms with E-state index in [4.69, 9.17) is 12.2 Å². The highest BCUT2D eigenvalue weighted by Gasteiger charge is 2.28. The molecular weight excluding hydrogens is 330 g/mol. The van der Waals surface area contributed by atoms with Gasteiger partial charge < -0.3 is 15.5 Å². The highest BCUT2D eigenvalue weighted by Crippen LogP contribution is 2.25. The molecule has 4 nitrogen and oxygen atoms in total. The van der Waals surface area contributed by atoms with E-state index in [1.807, 2.05) is 30.3 Å². The Hall–Kier alpha value is -1.62. The lowest BCUT2D eigenvalue weighted by Gasteiger charge is -2.37. The normalized spacial score (nSPS) is 24.6. The first kappa shape index (κ1) is 18.2. The first-order valence-electron chi connectivity index (χ1n) is 9.55. The molecule has 3 rings (SSSR count). The van der Waals surface area contributed by atoms with Gasteiger partial charge in [0.2, 0.25) is 5.91 Å². The second-order valence-electron chi connectivity index (χ2n) is 7.43. The van der Waals surface area contributed by atoms with Gasteiger partial charge >= 0.3 is 0 Å². The number of amides is 1. The molecule has 1 heterocycles. The van der Waals surface area contributed by atoms with Crippen molar-refractivity contribution in [2.45, 2.75) is 51.5 Å². The number of hydrogen-bond acceptors (Lipinski definition) is 2. The molecule has 5 heteroatoms. The standard InChI is InChI=1S/C20H29N3OS/c1-15-7-5-6-10-18(15)22-20(25)23-13-11-16(12-14-23)19(24)21-17-8-3-2-4-9-17/h2-4,8-9,15-16,18H,5-7,10-14H2,1H3,(H,21,24)(H,22,25)/t15-,18+/m1/s1. The molecule has 2 N–H and O–H groups in total. The minimum absolute atomic E-state index is 0.0767. The highest BCUT2D eigenvalue weighted by molar-refractivity contribution is 7.80. The molecule has 0 spiro atoms. The zero-order chi connectivity index (χ0) is 17.6. The average Bonchev–Trinajstić information content (AvgIpc) is 2.64. The van der Waals surface area contributed by atoms with Crippen molar-refractivity contribution in [3.05, 3.63) is 30.3 Å². The molecule has 0 bridgehead atoms. The fourth-order valence-corrected chi connectivity index (χ4v) is 4.23. The van der Waals surface area contributed by atoms with Gasteiger partial charge in [0.1, 0.15) is 0 Å². The van der Waals surface area contributed by atoms with E-state index in [1.54, 1.807) is 0 Å². The number of rotatable bonds is 3. The van der Waals surface area contributed by atoms with Crippen molar-refractivity contribution in [1.82, 2.24) is 10.2 Å². The maximum atomic E-state index is 12.4. The molecule has 1 aliphatic heterocycles. The highest BCUT2D eigenvalue weighted by atomic mass is 32.1. The molecule has 25 heavy (non-hydrogen) atoms. The second kappa shape index (κ2) is 8.65. The zero-order valence-electron chi connectivity index (χ0n) is 15.0. The van der Waals surface area contributed by atoms with Crippen molar-refractivity contribution in [3.8, 4) is 0 Å². The van der Waals surface area contributed by atoms with Crippen LogP contribution in [0.5, 0.6) is 0 Å². The van der Waals surface area contributed by atoms with Crippen molar-refractivity contribution < 1.29 is 4.79 Å². The van der Waals surface area contributed by atoms with Gasteiger partial charge in [0.25, 0.3) is 0 Å². The molecule has 2 atom stereocenters. The number of hydrogen-bond donors (Lipinski definition) is 2. The smallest absolute Gasteiger partial charge is 0.227 e. The lowest BCUT2D eigenvalue weighted by Crippen LogP contribution is -2.50. The fraction of sp³-hybridized carbons (Fsp3) is 0.600. The first-order valence-corrected chi connectivity index (χ1v) is 9.95. The second-order valence-corrected chi connectivity index (χ2v) is 7.82. The number of para-hydroxylation sites is 1. The molecule has 1 saturated heterocycles. The average molecular weight is 360 g/mol. The van der Waals surface area contributed by atoms with Crippen molar-refractivity contribution in [2.24, 2.45) is 11.8 Å². The summed E-state index contributed by atoms with van der Waals surface area (Å²) >= 11 is 5.63. The van der Waals surface area contributed by atoms with Crippen LogP contribution in [0.25, 0.3) is 0 Å². The quantitative estimate of drug-likeness (QED) is 0.806. The van der Waals surface area contributed by atoms with Crippen molar-refractivity contribution in [3.63, 3.8) is 0 Å². The molecule has 1 aliphatic carbocycles. The summed E-state index contributed by atoms with van der Waals surface area (Å²) in [4.78, 5) is 14.7. The topological polar surface area (TPSA) is 44.4 Å². The van der Waals surface area contributed by atoms with E-state index in [1.165, 1.54) is 25.7 Å². The summed E-state index contributed by atoms with van der Waals surface area (Å²) in [6.07, 6.45) is 6.88. The molecule has 1 aromatic rings. The lowest BCUT2D eigenvalue weighted by molar-refractivity contribution is -0.121. The third-order valence-electron chi connectivity index (χ3n) is 5.61.